The standard InChI is InChI=1S/C70H49N3/c1-44-21-15-31-50(41-44)71(48-27-11-5-12-28-48)59-38-19-35-54-58-43-57-52(64(54)59)33-17-34-53(57)66-63(47-25-9-4-10-26-47)70-68(62(67(58)66)46-23-7-3-8-24-46)56-37-18-36-55-65-60(39-20-40-61(65)73(70)69(55)56)72(49-29-13-6-14-30-49)51-32-16-22-45(2)42-51/h3-42,58H,43H2,1-2H3. The van der Waals surface area contributed by atoms with Gasteiger partial charge in [-0.05, 0) is 148 Å². The lowest BCUT2D eigenvalue weighted by Crippen LogP contribution is -2.22. The van der Waals surface area contributed by atoms with Crippen molar-refractivity contribution < 1.29 is 0 Å². The molecule has 1 atom stereocenters. The summed E-state index contributed by atoms with van der Waals surface area (Å²) in [5.74, 6) is 0.0849. The molecule has 15 rings (SSSR count). The molecule has 3 heteroatoms. The Kier molecular flexibility index (Phi) is 9.22. The van der Waals surface area contributed by atoms with Gasteiger partial charge in [-0.25, -0.2) is 0 Å². The lowest BCUT2D eigenvalue weighted by molar-refractivity contribution is 0.785. The molecule has 2 heterocycles. The number of rotatable bonds is 8. The van der Waals surface area contributed by atoms with Crippen molar-refractivity contribution >= 4 is 72.2 Å². The highest BCUT2D eigenvalue weighted by atomic mass is 15.2. The molecule has 344 valence electrons. The molecule has 2 aliphatic carbocycles. The Bertz CT molecular complexity index is 4310. The Morgan fingerprint density at radius 1 is 0.384 bits per heavy atom. The van der Waals surface area contributed by atoms with Crippen molar-refractivity contribution in [1.29, 1.82) is 0 Å². The van der Waals surface area contributed by atoms with E-state index in [0.29, 0.717) is 0 Å². The second-order valence-electron chi connectivity index (χ2n) is 20.1. The largest absolute Gasteiger partial charge is 0.310 e. The van der Waals surface area contributed by atoms with Crippen molar-refractivity contribution in [2.24, 2.45) is 0 Å². The topological polar surface area (TPSA) is 10.9 Å². The summed E-state index contributed by atoms with van der Waals surface area (Å²) in [5.41, 5.74) is 27.7. The summed E-state index contributed by atoms with van der Waals surface area (Å²) < 4.78 is 2.65. The lowest BCUT2D eigenvalue weighted by atomic mass is 9.64. The Morgan fingerprint density at radius 2 is 0.877 bits per heavy atom. The number of hydrogen-bond donors (Lipinski definition) is 0. The fourth-order valence-electron chi connectivity index (χ4n) is 13.1. The number of anilines is 6. The highest BCUT2D eigenvalue weighted by Crippen LogP contribution is 2.62. The summed E-state index contributed by atoms with van der Waals surface area (Å²) in [6, 6.07) is 90.4. The molecule has 0 saturated heterocycles. The molecule has 3 nitrogen and oxygen atoms in total. The fourth-order valence-corrected chi connectivity index (χ4v) is 13.1. The number of fused-ring (bicyclic) bond motifs is 13. The van der Waals surface area contributed by atoms with Crippen molar-refractivity contribution in [2.45, 2.75) is 26.2 Å². The zero-order valence-electron chi connectivity index (χ0n) is 40.7. The van der Waals surface area contributed by atoms with E-state index >= 15 is 0 Å². The first-order chi connectivity index (χ1) is 36.1. The van der Waals surface area contributed by atoms with Crippen LogP contribution in [0.4, 0.5) is 34.1 Å². The van der Waals surface area contributed by atoms with E-state index in [0.717, 1.165) is 34.9 Å². The van der Waals surface area contributed by atoms with Crippen LogP contribution < -0.4 is 9.80 Å². The van der Waals surface area contributed by atoms with Crippen molar-refractivity contribution in [1.82, 2.24) is 4.40 Å². The summed E-state index contributed by atoms with van der Waals surface area (Å²) in [6.07, 6.45) is 0.925. The summed E-state index contributed by atoms with van der Waals surface area (Å²) in [5, 5.41) is 5.07. The van der Waals surface area contributed by atoms with Gasteiger partial charge in [0.05, 0.1) is 27.9 Å². The predicted octanol–water partition coefficient (Wildman–Crippen LogP) is 19.1. The predicted molar refractivity (Wildman–Crippen MR) is 307 cm³/mol. The number of benzene rings is 11. The molecule has 2 aromatic heterocycles. The van der Waals surface area contributed by atoms with E-state index in [2.05, 4.69) is 271 Å². The van der Waals surface area contributed by atoms with Crippen LogP contribution >= 0.6 is 0 Å². The Morgan fingerprint density at radius 3 is 1.51 bits per heavy atom. The highest BCUT2D eigenvalue weighted by Gasteiger charge is 2.41. The minimum atomic E-state index is 0.0849. The zero-order chi connectivity index (χ0) is 48.3. The molecule has 0 spiro atoms. The van der Waals surface area contributed by atoms with Gasteiger partial charge in [0.1, 0.15) is 0 Å². The first kappa shape index (κ1) is 41.6. The van der Waals surface area contributed by atoms with Crippen LogP contribution in [0.15, 0.2) is 243 Å². The third-order valence-corrected chi connectivity index (χ3v) is 15.9. The molecule has 1 unspecified atom stereocenters. The van der Waals surface area contributed by atoms with Crippen LogP contribution in [0, 0.1) is 13.8 Å². The molecule has 2 aliphatic rings. The third-order valence-electron chi connectivity index (χ3n) is 15.9. The van der Waals surface area contributed by atoms with Gasteiger partial charge in [-0.15, -0.1) is 0 Å². The van der Waals surface area contributed by atoms with Crippen LogP contribution in [0.2, 0.25) is 0 Å². The molecule has 0 N–H and O–H groups in total. The molecule has 0 aliphatic heterocycles. The molecule has 73 heavy (non-hydrogen) atoms. The molecule has 0 saturated carbocycles. The van der Waals surface area contributed by atoms with Crippen molar-refractivity contribution in [3.63, 3.8) is 0 Å². The first-order valence-electron chi connectivity index (χ1n) is 25.6. The summed E-state index contributed by atoms with van der Waals surface area (Å²) in [4.78, 5) is 4.93. The van der Waals surface area contributed by atoms with Gasteiger partial charge in [0, 0.05) is 61.3 Å². The molecular weight excluding hydrogens is 883 g/mol. The van der Waals surface area contributed by atoms with Gasteiger partial charge in [-0.1, -0.05) is 176 Å². The minimum absolute atomic E-state index is 0.0849. The molecule has 11 aromatic carbocycles. The maximum atomic E-state index is 2.65. The SMILES string of the molecule is Cc1cccc(N(c2ccccc2)c2cccc3c2-c2cccc4c2CC3c2c-4c(-c3ccccc3)c3c(c2-c2ccccc2)c2cccc4c5c(N(c6ccccc6)c6cccc(C)c6)cccc5n3c42)c1. The van der Waals surface area contributed by atoms with Gasteiger partial charge in [0.15, 0.2) is 0 Å². The van der Waals surface area contributed by atoms with Crippen molar-refractivity contribution in [3.05, 3.63) is 270 Å². The van der Waals surface area contributed by atoms with E-state index in [1.165, 1.54) is 116 Å². The first-order valence-corrected chi connectivity index (χ1v) is 25.6. The van der Waals surface area contributed by atoms with Crippen LogP contribution in [0.3, 0.4) is 0 Å². The van der Waals surface area contributed by atoms with Crippen LogP contribution in [0.5, 0.6) is 0 Å². The monoisotopic (exact) mass is 931 g/mol. The van der Waals surface area contributed by atoms with Gasteiger partial charge in [-0.3, -0.25) is 0 Å². The van der Waals surface area contributed by atoms with E-state index in [-0.39, 0.29) is 5.92 Å². The van der Waals surface area contributed by atoms with Gasteiger partial charge >= 0.3 is 0 Å². The van der Waals surface area contributed by atoms with E-state index in [1.807, 2.05) is 0 Å². The van der Waals surface area contributed by atoms with Gasteiger partial charge in [0.2, 0.25) is 0 Å². The molecule has 2 bridgehead atoms. The number of hydrogen-bond acceptors (Lipinski definition) is 2. The molecule has 13 aromatic rings. The summed E-state index contributed by atoms with van der Waals surface area (Å²) in [7, 11) is 0. The average Bonchev–Trinajstić information content (AvgIpc) is 3.97. The maximum absolute atomic E-state index is 2.65. The van der Waals surface area contributed by atoms with Crippen molar-refractivity contribution in [2.75, 3.05) is 9.80 Å². The van der Waals surface area contributed by atoms with E-state index in [1.54, 1.807) is 0 Å². The lowest BCUT2D eigenvalue weighted by Gasteiger charge is -2.40. The molecule has 0 fully saturated rings. The van der Waals surface area contributed by atoms with Gasteiger partial charge in [0.25, 0.3) is 0 Å². The quantitative estimate of drug-likeness (QED) is 0.150. The van der Waals surface area contributed by atoms with E-state index < -0.39 is 0 Å². The molecular formula is C70H49N3. The fraction of sp³-hybridized carbons (Fsp3) is 0.0571. The van der Waals surface area contributed by atoms with Crippen LogP contribution in [-0.2, 0) is 6.42 Å². The van der Waals surface area contributed by atoms with E-state index in [9.17, 15) is 0 Å². The number of aromatic nitrogens is 1. The molecule has 0 amide bonds. The second kappa shape index (κ2) is 16.2. The van der Waals surface area contributed by atoms with Crippen LogP contribution in [0.1, 0.15) is 33.7 Å². The Hall–Kier alpha value is -9.18. The Balaban J connectivity index is 1.10. The normalized spacial score (nSPS) is 13.4. The highest BCUT2D eigenvalue weighted by molar-refractivity contribution is 6.31. The van der Waals surface area contributed by atoms with Gasteiger partial charge in [-0.2, -0.15) is 0 Å². The Labute approximate surface area is 425 Å². The second-order valence-corrected chi connectivity index (χ2v) is 20.1. The molecule has 0 radical (unpaired) electrons. The van der Waals surface area contributed by atoms with E-state index in [4.69, 9.17) is 0 Å². The smallest absolute Gasteiger partial charge is 0.0632 e. The number of aryl methyl sites for hydroxylation is 2. The van der Waals surface area contributed by atoms with Gasteiger partial charge < -0.3 is 14.2 Å². The number of nitrogens with zero attached hydrogens (tertiary/aromatic N) is 3. The summed E-state index contributed by atoms with van der Waals surface area (Å²) in [6.45, 7) is 4.38. The average molecular weight is 932 g/mol. The van der Waals surface area contributed by atoms with Crippen LogP contribution in [-0.4, -0.2) is 4.40 Å². The third kappa shape index (κ3) is 6.12. The maximum Gasteiger partial charge on any atom is 0.0632 e. The zero-order valence-corrected chi connectivity index (χ0v) is 40.7. The van der Waals surface area contributed by atoms with Crippen LogP contribution in [0.25, 0.3) is 82.6 Å². The summed E-state index contributed by atoms with van der Waals surface area (Å²) >= 11 is 0. The van der Waals surface area contributed by atoms with Crippen molar-refractivity contribution in [3.8, 4) is 44.5 Å². The minimum Gasteiger partial charge on any atom is -0.310 e. The number of para-hydroxylation sites is 3.